The largest absolute Gasteiger partial charge is 0.350 e. The van der Waals surface area contributed by atoms with E-state index in [2.05, 4.69) is 14.9 Å². The Hall–Kier alpha value is -1.85. The minimum Gasteiger partial charge on any atom is -0.350 e. The summed E-state index contributed by atoms with van der Waals surface area (Å²) in [5.74, 6) is 1.16. The molecule has 0 radical (unpaired) electrons. The van der Waals surface area contributed by atoms with E-state index in [4.69, 9.17) is 0 Å². The molecule has 0 aliphatic carbocycles. The molecule has 2 aliphatic heterocycles. The van der Waals surface area contributed by atoms with Crippen molar-refractivity contribution in [1.82, 2.24) is 19.8 Å². The SMILES string of the molecule is O=C(CN1CCCCCC1=O)N[C@H]1CCc2nccn2C1. The molecule has 114 valence electrons. The number of carbonyl (C=O) groups is 2. The van der Waals surface area contributed by atoms with E-state index in [0.29, 0.717) is 13.0 Å². The molecule has 6 heteroatoms. The summed E-state index contributed by atoms with van der Waals surface area (Å²) in [5, 5.41) is 3.06. The Balaban J connectivity index is 1.51. The van der Waals surface area contributed by atoms with Gasteiger partial charge in [0, 0.05) is 44.4 Å². The van der Waals surface area contributed by atoms with Gasteiger partial charge in [-0.15, -0.1) is 0 Å². The lowest BCUT2D eigenvalue weighted by atomic mass is 10.1. The van der Waals surface area contributed by atoms with E-state index >= 15 is 0 Å². The maximum absolute atomic E-state index is 12.2. The van der Waals surface area contributed by atoms with Crippen LogP contribution >= 0.6 is 0 Å². The van der Waals surface area contributed by atoms with Crippen LogP contribution in [0.4, 0.5) is 0 Å². The third-order valence-electron chi connectivity index (χ3n) is 4.31. The normalized spacial score (nSPS) is 22.6. The van der Waals surface area contributed by atoms with Gasteiger partial charge in [0.05, 0.1) is 6.54 Å². The number of imidazole rings is 1. The third kappa shape index (κ3) is 3.43. The first kappa shape index (κ1) is 14.1. The predicted molar refractivity (Wildman–Crippen MR) is 77.5 cm³/mol. The third-order valence-corrected chi connectivity index (χ3v) is 4.31. The summed E-state index contributed by atoms with van der Waals surface area (Å²) in [4.78, 5) is 30.0. The molecular formula is C15H22N4O2. The quantitative estimate of drug-likeness (QED) is 0.892. The average Bonchev–Trinajstić information content (AvgIpc) is 2.84. The average molecular weight is 290 g/mol. The number of fused-ring (bicyclic) bond motifs is 1. The molecule has 2 amide bonds. The molecule has 1 aromatic heterocycles. The van der Waals surface area contributed by atoms with Crippen LogP contribution < -0.4 is 5.32 Å². The Bertz CT molecular complexity index is 525. The number of hydrogen-bond acceptors (Lipinski definition) is 3. The number of carbonyl (C=O) groups excluding carboxylic acids is 2. The Kier molecular flexibility index (Phi) is 4.22. The van der Waals surface area contributed by atoms with Crippen molar-refractivity contribution in [2.24, 2.45) is 0 Å². The van der Waals surface area contributed by atoms with Crippen molar-refractivity contribution in [3.05, 3.63) is 18.2 Å². The zero-order chi connectivity index (χ0) is 14.7. The Morgan fingerprint density at radius 1 is 1.33 bits per heavy atom. The summed E-state index contributed by atoms with van der Waals surface area (Å²) in [6, 6.07) is 0.140. The van der Waals surface area contributed by atoms with Gasteiger partial charge in [0.2, 0.25) is 11.8 Å². The van der Waals surface area contributed by atoms with E-state index in [-0.39, 0.29) is 24.4 Å². The van der Waals surface area contributed by atoms with Crippen molar-refractivity contribution in [2.75, 3.05) is 13.1 Å². The number of aryl methyl sites for hydroxylation is 1. The highest BCUT2D eigenvalue weighted by atomic mass is 16.2. The highest BCUT2D eigenvalue weighted by Crippen LogP contribution is 2.14. The van der Waals surface area contributed by atoms with Gasteiger partial charge < -0.3 is 14.8 Å². The number of nitrogens with zero attached hydrogens (tertiary/aromatic N) is 3. The van der Waals surface area contributed by atoms with Crippen molar-refractivity contribution in [3.63, 3.8) is 0 Å². The van der Waals surface area contributed by atoms with Gasteiger partial charge in [-0.1, -0.05) is 6.42 Å². The van der Waals surface area contributed by atoms with Crippen molar-refractivity contribution < 1.29 is 9.59 Å². The fraction of sp³-hybridized carbons (Fsp3) is 0.667. The summed E-state index contributed by atoms with van der Waals surface area (Å²) in [6.07, 6.45) is 9.16. The highest BCUT2D eigenvalue weighted by Gasteiger charge is 2.23. The van der Waals surface area contributed by atoms with Crippen molar-refractivity contribution in [2.45, 2.75) is 51.1 Å². The molecule has 1 atom stereocenters. The summed E-state index contributed by atoms with van der Waals surface area (Å²) >= 11 is 0. The van der Waals surface area contributed by atoms with Crippen LogP contribution in [0.25, 0.3) is 0 Å². The molecule has 0 saturated carbocycles. The number of rotatable bonds is 3. The number of nitrogens with one attached hydrogen (secondary N) is 1. The van der Waals surface area contributed by atoms with Gasteiger partial charge in [0.15, 0.2) is 0 Å². The first-order valence-electron chi connectivity index (χ1n) is 7.79. The molecule has 1 fully saturated rings. The first-order valence-corrected chi connectivity index (χ1v) is 7.79. The maximum atomic E-state index is 12.2. The van der Waals surface area contributed by atoms with Gasteiger partial charge in [-0.05, 0) is 19.3 Å². The lowest BCUT2D eigenvalue weighted by Crippen LogP contribution is -2.46. The lowest BCUT2D eigenvalue weighted by Gasteiger charge is -2.26. The molecule has 3 heterocycles. The van der Waals surface area contributed by atoms with E-state index in [9.17, 15) is 9.59 Å². The van der Waals surface area contributed by atoms with Crippen molar-refractivity contribution in [3.8, 4) is 0 Å². The first-order chi connectivity index (χ1) is 10.2. The minimum atomic E-state index is -0.0428. The van der Waals surface area contributed by atoms with Gasteiger partial charge in [-0.3, -0.25) is 9.59 Å². The number of likely N-dealkylation sites (tertiary alicyclic amines) is 1. The van der Waals surface area contributed by atoms with E-state index in [1.807, 2.05) is 6.20 Å². The van der Waals surface area contributed by atoms with Crippen LogP contribution in [0.15, 0.2) is 12.4 Å². The smallest absolute Gasteiger partial charge is 0.239 e. The molecule has 1 aromatic rings. The van der Waals surface area contributed by atoms with Crippen LogP contribution in [-0.4, -0.2) is 45.4 Å². The lowest BCUT2D eigenvalue weighted by molar-refractivity contribution is -0.135. The molecule has 2 aliphatic rings. The van der Waals surface area contributed by atoms with Gasteiger partial charge in [0.1, 0.15) is 5.82 Å². The van der Waals surface area contributed by atoms with Crippen LogP contribution in [0.1, 0.15) is 37.9 Å². The summed E-state index contributed by atoms with van der Waals surface area (Å²) < 4.78 is 2.09. The van der Waals surface area contributed by atoms with E-state index in [1.54, 1.807) is 11.1 Å². The van der Waals surface area contributed by atoms with Gasteiger partial charge in [-0.25, -0.2) is 4.98 Å². The second-order valence-corrected chi connectivity index (χ2v) is 5.92. The molecule has 3 rings (SSSR count). The Labute approximate surface area is 124 Å². The van der Waals surface area contributed by atoms with Crippen LogP contribution in [0.3, 0.4) is 0 Å². The van der Waals surface area contributed by atoms with E-state index in [1.165, 1.54) is 0 Å². The van der Waals surface area contributed by atoms with Crippen LogP contribution in [0.5, 0.6) is 0 Å². The van der Waals surface area contributed by atoms with Gasteiger partial charge in [0.25, 0.3) is 0 Å². The number of hydrogen-bond donors (Lipinski definition) is 1. The molecule has 1 saturated heterocycles. The van der Waals surface area contributed by atoms with Crippen molar-refractivity contribution in [1.29, 1.82) is 0 Å². The summed E-state index contributed by atoms with van der Waals surface area (Å²) in [5.41, 5.74) is 0. The zero-order valence-corrected chi connectivity index (χ0v) is 12.3. The molecule has 0 aromatic carbocycles. The Morgan fingerprint density at radius 2 is 2.24 bits per heavy atom. The van der Waals surface area contributed by atoms with Crippen LogP contribution in [0, 0.1) is 0 Å². The molecule has 6 nitrogen and oxygen atoms in total. The Morgan fingerprint density at radius 3 is 3.14 bits per heavy atom. The van der Waals surface area contributed by atoms with Crippen LogP contribution in [0.2, 0.25) is 0 Å². The molecule has 0 bridgehead atoms. The predicted octanol–water partition coefficient (Wildman–Crippen LogP) is 0.717. The summed E-state index contributed by atoms with van der Waals surface area (Å²) in [6.45, 7) is 1.68. The molecule has 1 N–H and O–H groups in total. The van der Waals surface area contributed by atoms with Crippen LogP contribution in [-0.2, 0) is 22.6 Å². The van der Waals surface area contributed by atoms with Gasteiger partial charge >= 0.3 is 0 Å². The molecule has 0 spiro atoms. The minimum absolute atomic E-state index is 0.0428. The number of aromatic nitrogens is 2. The summed E-state index contributed by atoms with van der Waals surface area (Å²) in [7, 11) is 0. The zero-order valence-electron chi connectivity index (χ0n) is 12.3. The van der Waals surface area contributed by atoms with Crippen molar-refractivity contribution >= 4 is 11.8 Å². The maximum Gasteiger partial charge on any atom is 0.239 e. The second-order valence-electron chi connectivity index (χ2n) is 5.92. The van der Waals surface area contributed by atoms with E-state index < -0.39 is 0 Å². The topological polar surface area (TPSA) is 67.2 Å². The molecule has 21 heavy (non-hydrogen) atoms. The highest BCUT2D eigenvalue weighted by molar-refractivity contribution is 5.85. The number of amides is 2. The monoisotopic (exact) mass is 290 g/mol. The molecule has 0 unspecified atom stereocenters. The fourth-order valence-corrected chi connectivity index (χ4v) is 3.14. The fourth-order valence-electron chi connectivity index (χ4n) is 3.14. The van der Waals surface area contributed by atoms with Gasteiger partial charge in [-0.2, -0.15) is 0 Å². The molecular weight excluding hydrogens is 268 g/mol. The standard InChI is InChI=1S/C15H22N4O2/c20-14(11-19-8-3-1-2-4-15(19)21)17-12-5-6-13-16-7-9-18(13)10-12/h7,9,12H,1-6,8,10-11H2,(H,17,20)/t12-/m0/s1. The van der Waals surface area contributed by atoms with E-state index in [0.717, 1.165) is 44.5 Å². The second kappa shape index (κ2) is 6.28.